The molecule has 2 N–H and O–H groups in total. The Morgan fingerprint density at radius 1 is 1.33 bits per heavy atom. The monoisotopic (exact) mass is 173 g/mol. The van der Waals surface area contributed by atoms with Crippen molar-refractivity contribution in [1.82, 2.24) is 5.32 Å². The van der Waals surface area contributed by atoms with Gasteiger partial charge in [0.1, 0.15) is 0 Å². The topological polar surface area (TPSA) is 32.3 Å². The molecule has 0 atom stereocenters. The highest BCUT2D eigenvalue weighted by Crippen LogP contribution is 1.88. The van der Waals surface area contributed by atoms with Crippen LogP contribution in [-0.4, -0.2) is 37.1 Å². The van der Waals surface area contributed by atoms with Crippen molar-refractivity contribution in [3.63, 3.8) is 0 Å². The predicted octanol–water partition coefficient (Wildman–Crippen LogP) is 0.660. The maximum Gasteiger partial charge on any atom is 0.0810 e. The fourth-order valence-corrected chi connectivity index (χ4v) is 0.371. The van der Waals surface area contributed by atoms with Gasteiger partial charge in [0.15, 0.2) is 0 Å². The molecule has 0 bridgehead atoms. The number of alkyl halides is 2. The van der Waals surface area contributed by atoms with Gasteiger partial charge in [0.25, 0.3) is 0 Å². The molecule has 0 unspecified atom stereocenters. The Bertz CT molecular complexity index is 41.9. The fourth-order valence-electron chi connectivity index (χ4n) is 0.0412. The minimum Gasteiger partial charge on any atom is -0.391 e. The highest BCUT2D eigenvalue weighted by Gasteiger charge is 1.94. The summed E-state index contributed by atoms with van der Waals surface area (Å²) in [6.07, 6.45) is -0.534. The van der Waals surface area contributed by atoms with Crippen LogP contribution in [-0.2, 0) is 0 Å². The third-order valence-corrected chi connectivity index (χ3v) is 1.07. The third-order valence-electron chi connectivity index (χ3n) is 0.356. The molecular weight excluding hydrogens is 161 g/mol. The minimum absolute atomic E-state index is 0.226. The standard InChI is InChI=1S/C3H6Cl2O.C2H7N/c4-1-3(6)2-5;1-3-2/h3,6H,1-2H2;3H,1-2H3. The summed E-state index contributed by atoms with van der Waals surface area (Å²) in [5.41, 5.74) is 0. The van der Waals surface area contributed by atoms with Crippen LogP contribution < -0.4 is 5.32 Å². The van der Waals surface area contributed by atoms with E-state index in [-0.39, 0.29) is 11.8 Å². The van der Waals surface area contributed by atoms with Crippen LogP contribution in [0.25, 0.3) is 0 Å². The number of rotatable bonds is 2. The molecule has 0 spiro atoms. The van der Waals surface area contributed by atoms with Gasteiger partial charge in [-0.1, -0.05) is 0 Å². The van der Waals surface area contributed by atoms with E-state index < -0.39 is 6.10 Å². The average molecular weight is 174 g/mol. The van der Waals surface area contributed by atoms with E-state index in [0.29, 0.717) is 0 Å². The number of halogens is 2. The summed E-state index contributed by atoms with van der Waals surface area (Å²) >= 11 is 10.2. The molecule has 4 heteroatoms. The van der Waals surface area contributed by atoms with Crippen molar-refractivity contribution >= 4 is 23.2 Å². The normalized spacial score (nSPS) is 8.67. The third kappa shape index (κ3) is 17.7. The first-order chi connectivity index (χ1) is 4.22. The molecule has 2 nitrogen and oxygen atoms in total. The van der Waals surface area contributed by atoms with Crippen LogP contribution in [0.2, 0.25) is 0 Å². The second-order valence-electron chi connectivity index (χ2n) is 1.46. The van der Waals surface area contributed by atoms with Crippen LogP contribution in [0, 0.1) is 0 Å². The van der Waals surface area contributed by atoms with E-state index in [2.05, 4.69) is 5.32 Å². The lowest BCUT2D eigenvalue weighted by atomic mass is 10.5. The van der Waals surface area contributed by atoms with Crippen molar-refractivity contribution in [3.8, 4) is 0 Å². The number of aliphatic hydroxyl groups excluding tert-OH is 1. The predicted molar refractivity (Wildman–Crippen MR) is 42.4 cm³/mol. The average Bonchev–Trinajstić information content (AvgIpc) is 1.88. The van der Waals surface area contributed by atoms with Crippen LogP contribution in [0.5, 0.6) is 0 Å². The molecule has 0 amide bonds. The molecule has 0 aliphatic heterocycles. The zero-order valence-electron chi connectivity index (χ0n) is 5.69. The number of hydrogen-bond donors (Lipinski definition) is 2. The van der Waals surface area contributed by atoms with Crippen LogP contribution >= 0.6 is 23.2 Å². The fraction of sp³-hybridized carbons (Fsp3) is 1.00. The Morgan fingerprint density at radius 3 is 1.56 bits per heavy atom. The van der Waals surface area contributed by atoms with Gasteiger partial charge >= 0.3 is 0 Å². The highest BCUT2D eigenvalue weighted by atomic mass is 35.5. The van der Waals surface area contributed by atoms with E-state index in [1.807, 2.05) is 14.1 Å². The Morgan fingerprint density at radius 2 is 1.56 bits per heavy atom. The zero-order valence-corrected chi connectivity index (χ0v) is 7.21. The van der Waals surface area contributed by atoms with Gasteiger partial charge in [0, 0.05) is 11.8 Å². The van der Waals surface area contributed by atoms with Crippen molar-refractivity contribution in [1.29, 1.82) is 0 Å². The van der Waals surface area contributed by atoms with E-state index in [4.69, 9.17) is 28.3 Å². The molecule has 0 saturated carbocycles. The van der Waals surface area contributed by atoms with Gasteiger partial charge < -0.3 is 10.4 Å². The summed E-state index contributed by atoms with van der Waals surface area (Å²) in [6.45, 7) is 0. The summed E-state index contributed by atoms with van der Waals surface area (Å²) in [5.74, 6) is 0.451. The second kappa shape index (κ2) is 11.3. The van der Waals surface area contributed by atoms with Gasteiger partial charge in [0.05, 0.1) is 6.10 Å². The molecule has 0 aromatic rings. The van der Waals surface area contributed by atoms with E-state index >= 15 is 0 Å². The molecule has 0 aliphatic carbocycles. The van der Waals surface area contributed by atoms with Gasteiger partial charge in [-0.3, -0.25) is 0 Å². The van der Waals surface area contributed by atoms with Crippen molar-refractivity contribution < 1.29 is 5.11 Å². The van der Waals surface area contributed by atoms with Gasteiger partial charge in [-0.15, -0.1) is 23.2 Å². The molecule has 0 saturated heterocycles. The van der Waals surface area contributed by atoms with E-state index in [9.17, 15) is 0 Å². The first-order valence-electron chi connectivity index (χ1n) is 2.61. The highest BCUT2D eigenvalue weighted by molar-refractivity contribution is 6.21. The quantitative estimate of drug-likeness (QED) is 0.602. The van der Waals surface area contributed by atoms with Crippen molar-refractivity contribution in [2.45, 2.75) is 6.10 Å². The first-order valence-corrected chi connectivity index (χ1v) is 3.68. The zero-order chi connectivity index (χ0) is 7.70. The lowest BCUT2D eigenvalue weighted by Crippen LogP contribution is -2.08. The summed E-state index contributed by atoms with van der Waals surface area (Å²) in [6, 6.07) is 0. The lowest BCUT2D eigenvalue weighted by Gasteiger charge is -1.94. The van der Waals surface area contributed by atoms with Crippen molar-refractivity contribution in [3.05, 3.63) is 0 Å². The maximum absolute atomic E-state index is 8.40. The number of hydrogen-bond acceptors (Lipinski definition) is 2. The lowest BCUT2D eigenvalue weighted by molar-refractivity contribution is 0.222. The van der Waals surface area contributed by atoms with E-state index in [0.717, 1.165) is 0 Å². The van der Waals surface area contributed by atoms with Gasteiger partial charge in [-0.2, -0.15) is 0 Å². The Kier molecular flexibility index (Phi) is 15.3. The van der Waals surface area contributed by atoms with Crippen LogP contribution in [0.1, 0.15) is 0 Å². The smallest absolute Gasteiger partial charge is 0.0810 e. The molecule has 0 radical (unpaired) electrons. The Hall–Kier alpha value is 0.500. The molecule has 0 aliphatic rings. The van der Waals surface area contributed by atoms with Crippen molar-refractivity contribution in [2.24, 2.45) is 0 Å². The van der Waals surface area contributed by atoms with E-state index in [1.165, 1.54) is 0 Å². The SMILES string of the molecule is CNC.OC(CCl)CCl. The molecular formula is C5H13Cl2NO. The molecule has 0 heterocycles. The number of nitrogens with one attached hydrogen (secondary N) is 1. The number of aliphatic hydroxyl groups is 1. The van der Waals surface area contributed by atoms with Crippen LogP contribution in [0.4, 0.5) is 0 Å². The maximum atomic E-state index is 8.40. The van der Waals surface area contributed by atoms with Crippen LogP contribution in [0.3, 0.4) is 0 Å². The van der Waals surface area contributed by atoms with Crippen LogP contribution in [0.15, 0.2) is 0 Å². The minimum atomic E-state index is -0.534. The molecule has 58 valence electrons. The summed E-state index contributed by atoms with van der Waals surface area (Å²) in [5, 5.41) is 11.2. The summed E-state index contributed by atoms with van der Waals surface area (Å²) < 4.78 is 0. The van der Waals surface area contributed by atoms with Gasteiger partial charge in [-0.25, -0.2) is 0 Å². The summed E-state index contributed by atoms with van der Waals surface area (Å²) in [7, 11) is 3.75. The second-order valence-corrected chi connectivity index (χ2v) is 2.08. The van der Waals surface area contributed by atoms with Gasteiger partial charge in [0.2, 0.25) is 0 Å². The molecule has 0 aromatic heterocycles. The largest absolute Gasteiger partial charge is 0.391 e. The first kappa shape index (κ1) is 12.2. The van der Waals surface area contributed by atoms with E-state index in [1.54, 1.807) is 0 Å². The Labute approximate surface area is 66.2 Å². The van der Waals surface area contributed by atoms with Crippen molar-refractivity contribution in [2.75, 3.05) is 25.9 Å². The molecule has 0 aromatic carbocycles. The molecule has 0 fully saturated rings. The summed E-state index contributed by atoms with van der Waals surface area (Å²) in [4.78, 5) is 0. The Balaban J connectivity index is 0. The molecule has 0 rings (SSSR count). The van der Waals surface area contributed by atoms with Gasteiger partial charge in [-0.05, 0) is 14.1 Å². The molecule has 9 heavy (non-hydrogen) atoms.